The average molecular weight is 495 g/mol. The minimum atomic E-state index is -0.609. The van der Waals surface area contributed by atoms with Crippen molar-refractivity contribution in [2.24, 2.45) is 0 Å². The normalized spacial score (nSPS) is 21.0. The van der Waals surface area contributed by atoms with E-state index < -0.39 is 12.0 Å². The monoisotopic (exact) mass is 494 g/mol. The Hall–Kier alpha value is -3.59. The summed E-state index contributed by atoms with van der Waals surface area (Å²) in [5, 5.41) is 3.00. The van der Waals surface area contributed by atoms with Crippen LogP contribution in [0.4, 0.5) is 4.79 Å². The number of ether oxygens (including phenoxy) is 1. The molecule has 3 amide bonds. The van der Waals surface area contributed by atoms with Gasteiger partial charge in [-0.05, 0) is 51.0 Å². The maximum absolute atomic E-state index is 13.3. The van der Waals surface area contributed by atoms with Crippen LogP contribution < -0.4 is 5.32 Å². The molecule has 1 fully saturated rings. The van der Waals surface area contributed by atoms with E-state index in [1.807, 2.05) is 39.0 Å². The number of aryl methyl sites for hydroxylation is 2. The van der Waals surface area contributed by atoms with Gasteiger partial charge < -0.3 is 19.4 Å². The van der Waals surface area contributed by atoms with Gasteiger partial charge in [0.15, 0.2) is 5.76 Å². The first kappa shape index (κ1) is 25.5. The summed E-state index contributed by atoms with van der Waals surface area (Å²) >= 11 is 0. The van der Waals surface area contributed by atoms with E-state index in [9.17, 15) is 14.4 Å². The summed E-state index contributed by atoms with van der Waals surface area (Å²) in [5.74, 6) is -0.254. The number of amides is 3. The molecule has 1 saturated heterocycles. The maximum Gasteiger partial charge on any atom is 0.338 e. The van der Waals surface area contributed by atoms with Gasteiger partial charge in [-0.1, -0.05) is 23.8 Å². The van der Waals surface area contributed by atoms with E-state index >= 15 is 0 Å². The minimum absolute atomic E-state index is 0.0690. The zero-order valence-corrected chi connectivity index (χ0v) is 21.5. The third-order valence-electron chi connectivity index (χ3n) is 6.90. The summed E-state index contributed by atoms with van der Waals surface area (Å²) < 4.78 is 10.8. The highest BCUT2D eigenvalue weighted by Crippen LogP contribution is 2.33. The van der Waals surface area contributed by atoms with Crippen molar-refractivity contribution < 1.29 is 23.5 Å². The Labute approximate surface area is 211 Å². The summed E-state index contributed by atoms with van der Waals surface area (Å²) in [7, 11) is 1.67. The Morgan fingerprint density at radius 1 is 1.19 bits per heavy atom. The first-order chi connectivity index (χ1) is 17.2. The number of hydrogen-bond acceptors (Lipinski definition) is 6. The number of piperazine rings is 1. The van der Waals surface area contributed by atoms with Crippen molar-refractivity contribution in [3.63, 3.8) is 0 Å². The first-order valence-electron chi connectivity index (χ1n) is 12.3. The number of esters is 1. The van der Waals surface area contributed by atoms with Crippen LogP contribution in [0, 0.1) is 13.8 Å². The second-order valence-electron chi connectivity index (χ2n) is 9.44. The predicted octanol–water partition coefficient (Wildman–Crippen LogP) is 3.26. The Bertz CT molecular complexity index is 1170. The van der Waals surface area contributed by atoms with Crippen LogP contribution in [0.2, 0.25) is 0 Å². The highest BCUT2D eigenvalue weighted by atomic mass is 16.5. The predicted molar refractivity (Wildman–Crippen MR) is 134 cm³/mol. The number of hydrogen-bond donors (Lipinski definition) is 1. The van der Waals surface area contributed by atoms with E-state index in [-0.39, 0.29) is 24.6 Å². The van der Waals surface area contributed by atoms with Crippen molar-refractivity contribution in [3.8, 4) is 0 Å². The van der Waals surface area contributed by atoms with E-state index in [0.29, 0.717) is 43.2 Å². The standard InChI is InChI=1S/C27H34N4O5/c1-6-35-26(33)23-21(29(5)27(34)28-24(23)20-14-17(2)9-10-18(20)3)16-30-11-12-31(19(4)15-30)25(32)22-8-7-13-36-22/h7-10,13-14,19,24H,6,11-12,15-16H2,1-5H3,(H,28,34)/t19-,24-/m0/s1. The summed E-state index contributed by atoms with van der Waals surface area (Å²) in [5.41, 5.74) is 3.95. The van der Waals surface area contributed by atoms with Gasteiger partial charge in [-0.2, -0.15) is 0 Å². The van der Waals surface area contributed by atoms with Crippen molar-refractivity contribution in [2.45, 2.75) is 39.8 Å². The van der Waals surface area contributed by atoms with Gasteiger partial charge in [0.05, 0.1) is 24.5 Å². The fourth-order valence-corrected chi connectivity index (χ4v) is 4.93. The van der Waals surface area contributed by atoms with E-state index in [0.717, 1.165) is 16.7 Å². The molecule has 4 rings (SSSR count). The SMILES string of the molecule is CCOC(=O)C1=C(CN2CCN(C(=O)c3ccco3)[C@@H](C)C2)N(C)C(=O)N[C@H]1c1cc(C)ccc1C. The number of nitrogens with zero attached hydrogens (tertiary/aromatic N) is 3. The third kappa shape index (κ3) is 5.02. The Morgan fingerprint density at radius 2 is 1.97 bits per heavy atom. The molecule has 2 aromatic rings. The summed E-state index contributed by atoms with van der Waals surface area (Å²) in [6, 6.07) is 8.42. The first-order valence-corrected chi connectivity index (χ1v) is 12.3. The number of likely N-dealkylation sites (N-methyl/N-ethyl adjacent to an activating group) is 1. The fraction of sp³-hybridized carbons (Fsp3) is 0.444. The third-order valence-corrected chi connectivity index (χ3v) is 6.90. The van der Waals surface area contributed by atoms with Crippen molar-refractivity contribution >= 4 is 17.9 Å². The molecule has 36 heavy (non-hydrogen) atoms. The van der Waals surface area contributed by atoms with Gasteiger partial charge in [-0.3, -0.25) is 14.6 Å². The molecule has 2 atom stereocenters. The summed E-state index contributed by atoms with van der Waals surface area (Å²) in [6.07, 6.45) is 1.49. The second-order valence-corrected chi connectivity index (χ2v) is 9.44. The Balaban J connectivity index is 1.64. The summed E-state index contributed by atoms with van der Waals surface area (Å²) in [4.78, 5) is 44.6. The van der Waals surface area contributed by atoms with Crippen LogP contribution in [0.1, 0.15) is 47.1 Å². The average Bonchev–Trinajstić information content (AvgIpc) is 3.38. The molecule has 0 bridgehead atoms. The smallest absolute Gasteiger partial charge is 0.338 e. The van der Waals surface area contributed by atoms with Crippen molar-refractivity contribution in [3.05, 3.63) is 70.3 Å². The molecule has 3 heterocycles. The minimum Gasteiger partial charge on any atom is -0.463 e. The van der Waals surface area contributed by atoms with Crippen LogP contribution in [0.15, 0.2) is 52.3 Å². The number of benzene rings is 1. The van der Waals surface area contributed by atoms with E-state index in [1.165, 1.54) is 11.2 Å². The fourth-order valence-electron chi connectivity index (χ4n) is 4.93. The van der Waals surface area contributed by atoms with Crippen molar-refractivity contribution in [2.75, 3.05) is 39.8 Å². The highest BCUT2D eigenvalue weighted by molar-refractivity contribution is 5.95. The molecule has 9 heteroatoms. The molecule has 0 radical (unpaired) electrons. The van der Waals surface area contributed by atoms with E-state index in [2.05, 4.69) is 10.2 Å². The molecule has 9 nitrogen and oxygen atoms in total. The molecule has 1 aromatic carbocycles. The van der Waals surface area contributed by atoms with Gasteiger partial charge in [0.2, 0.25) is 0 Å². The number of urea groups is 1. The van der Waals surface area contributed by atoms with Gasteiger partial charge in [0.1, 0.15) is 0 Å². The topological polar surface area (TPSA) is 95.3 Å². The molecule has 192 valence electrons. The lowest BCUT2D eigenvalue weighted by Gasteiger charge is -2.42. The Morgan fingerprint density at radius 3 is 2.64 bits per heavy atom. The quantitative estimate of drug-likeness (QED) is 0.620. The second kappa shape index (κ2) is 10.6. The molecular formula is C27H34N4O5. The van der Waals surface area contributed by atoms with Crippen LogP contribution in [0.3, 0.4) is 0 Å². The van der Waals surface area contributed by atoms with Gasteiger partial charge in [-0.25, -0.2) is 9.59 Å². The zero-order valence-electron chi connectivity index (χ0n) is 21.5. The molecule has 1 N–H and O–H groups in total. The molecule has 2 aliphatic heterocycles. The lowest BCUT2D eigenvalue weighted by Crippen LogP contribution is -2.56. The zero-order chi connectivity index (χ0) is 26.0. The highest BCUT2D eigenvalue weighted by Gasteiger charge is 2.39. The maximum atomic E-state index is 13.3. The molecule has 0 spiro atoms. The largest absolute Gasteiger partial charge is 0.463 e. The van der Waals surface area contributed by atoms with Crippen LogP contribution in [0.5, 0.6) is 0 Å². The summed E-state index contributed by atoms with van der Waals surface area (Å²) in [6.45, 7) is 10.0. The molecule has 0 unspecified atom stereocenters. The van der Waals surface area contributed by atoms with Crippen LogP contribution in [-0.4, -0.2) is 78.5 Å². The van der Waals surface area contributed by atoms with Gasteiger partial charge in [0, 0.05) is 45.0 Å². The van der Waals surface area contributed by atoms with Crippen molar-refractivity contribution in [1.29, 1.82) is 0 Å². The Kier molecular flexibility index (Phi) is 7.49. The lowest BCUT2D eigenvalue weighted by atomic mass is 9.90. The lowest BCUT2D eigenvalue weighted by molar-refractivity contribution is -0.139. The van der Waals surface area contributed by atoms with Crippen LogP contribution >= 0.6 is 0 Å². The molecule has 0 saturated carbocycles. The van der Waals surface area contributed by atoms with Gasteiger partial charge >= 0.3 is 12.0 Å². The van der Waals surface area contributed by atoms with E-state index in [4.69, 9.17) is 9.15 Å². The van der Waals surface area contributed by atoms with Crippen molar-refractivity contribution in [1.82, 2.24) is 20.0 Å². The van der Waals surface area contributed by atoms with Crippen LogP contribution in [0.25, 0.3) is 0 Å². The van der Waals surface area contributed by atoms with E-state index in [1.54, 1.807) is 31.0 Å². The number of rotatable bonds is 6. The number of carbonyl (C=O) groups is 3. The molecule has 1 aromatic heterocycles. The molecule has 0 aliphatic carbocycles. The number of carbonyl (C=O) groups excluding carboxylic acids is 3. The van der Waals surface area contributed by atoms with Gasteiger partial charge in [-0.15, -0.1) is 0 Å². The van der Waals surface area contributed by atoms with Crippen LogP contribution in [-0.2, 0) is 9.53 Å². The number of furan rings is 1. The molecular weight excluding hydrogens is 460 g/mol. The number of nitrogens with one attached hydrogen (secondary N) is 1. The van der Waals surface area contributed by atoms with Gasteiger partial charge in [0.25, 0.3) is 5.91 Å². The molecule has 2 aliphatic rings.